The van der Waals surface area contributed by atoms with E-state index >= 15 is 0 Å². The molecule has 0 aliphatic carbocycles. The first kappa shape index (κ1) is 22.8. The molecule has 5 rings (SSSR count). The van der Waals surface area contributed by atoms with Gasteiger partial charge in [0.2, 0.25) is 0 Å². The molecule has 0 unspecified atom stereocenters. The molecule has 1 N–H and O–H groups in total. The predicted molar refractivity (Wildman–Crippen MR) is 137 cm³/mol. The number of hydrogen-bond acceptors (Lipinski definition) is 5. The first-order valence-corrected chi connectivity index (χ1v) is 12.1. The van der Waals surface area contributed by atoms with E-state index in [0.717, 1.165) is 32.2 Å². The first-order chi connectivity index (χ1) is 16.8. The highest BCUT2D eigenvalue weighted by atomic mass is 32.1. The molecule has 8 nitrogen and oxygen atoms in total. The van der Waals surface area contributed by atoms with Gasteiger partial charge in [0, 0.05) is 13.6 Å². The first-order valence-electron chi connectivity index (χ1n) is 11.3. The van der Waals surface area contributed by atoms with Crippen LogP contribution >= 0.6 is 11.3 Å². The van der Waals surface area contributed by atoms with Gasteiger partial charge in [-0.1, -0.05) is 56.3 Å². The van der Waals surface area contributed by atoms with E-state index in [0.29, 0.717) is 34.7 Å². The van der Waals surface area contributed by atoms with Crippen LogP contribution in [0.15, 0.2) is 64.2 Å². The average molecular weight is 489 g/mol. The highest BCUT2D eigenvalue weighted by Gasteiger charge is 2.24. The maximum Gasteiger partial charge on any atom is 0.345 e. The fourth-order valence-corrected chi connectivity index (χ4v) is 5.33. The maximum absolute atomic E-state index is 13.4. The minimum absolute atomic E-state index is 0.153. The van der Waals surface area contributed by atoms with Gasteiger partial charge in [0.15, 0.2) is 5.65 Å². The minimum Gasteiger partial charge on any atom is -0.477 e. The summed E-state index contributed by atoms with van der Waals surface area (Å²) in [6.07, 6.45) is 0. The molecule has 0 aliphatic rings. The number of benzene rings is 2. The van der Waals surface area contributed by atoms with Crippen molar-refractivity contribution in [2.45, 2.75) is 26.9 Å². The SMILES string of the molecule is CC(C)Cn1c(=O)n(C)c(=O)c2c(-c3ccc(C(=O)O)s3)n(Cc3cccc4ccccc34)nc21. The van der Waals surface area contributed by atoms with Crippen molar-refractivity contribution in [3.05, 3.63) is 85.9 Å². The van der Waals surface area contributed by atoms with E-state index in [4.69, 9.17) is 5.10 Å². The summed E-state index contributed by atoms with van der Waals surface area (Å²) in [5.74, 6) is -0.879. The lowest BCUT2D eigenvalue weighted by molar-refractivity contribution is 0.0702. The average Bonchev–Trinajstić information content (AvgIpc) is 3.46. The minimum atomic E-state index is -1.03. The van der Waals surface area contributed by atoms with Gasteiger partial charge in [-0.25, -0.2) is 9.59 Å². The predicted octanol–water partition coefficient (Wildman–Crippen LogP) is 4.18. The third-order valence-corrected chi connectivity index (χ3v) is 7.10. The number of carbonyl (C=O) groups is 1. The van der Waals surface area contributed by atoms with Crippen LogP contribution in [0, 0.1) is 5.92 Å². The van der Waals surface area contributed by atoms with Gasteiger partial charge >= 0.3 is 11.7 Å². The van der Waals surface area contributed by atoms with Crippen molar-refractivity contribution in [1.29, 1.82) is 0 Å². The molecule has 3 heterocycles. The van der Waals surface area contributed by atoms with Crippen LogP contribution in [-0.2, 0) is 20.1 Å². The molecule has 3 aromatic heterocycles. The molecule has 0 atom stereocenters. The second kappa shape index (κ2) is 8.66. The summed E-state index contributed by atoms with van der Waals surface area (Å²) in [7, 11) is 1.46. The van der Waals surface area contributed by atoms with Crippen LogP contribution in [0.4, 0.5) is 0 Å². The standard InChI is InChI=1S/C26H24N4O4S/c1-15(2)13-29-23-21(24(31)28(3)26(29)34)22(19-11-12-20(35-19)25(32)33)30(27-23)14-17-9-6-8-16-7-4-5-10-18(16)17/h4-12,15H,13-14H2,1-3H3,(H,32,33). The second-order valence-electron chi connectivity index (χ2n) is 8.96. The van der Waals surface area contributed by atoms with Gasteiger partial charge in [-0.2, -0.15) is 5.10 Å². The molecular weight excluding hydrogens is 464 g/mol. The van der Waals surface area contributed by atoms with Gasteiger partial charge < -0.3 is 5.11 Å². The summed E-state index contributed by atoms with van der Waals surface area (Å²) in [4.78, 5) is 38.8. The van der Waals surface area contributed by atoms with Crippen LogP contribution in [0.25, 0.3) is 32.4 Å². The van der Waals surface area contributed by atoms with Crippen molar-refractivity contribution in [3.8, 4) is 10.6 Å². The Bertz CT molecular complexity index is 1720. The fourth-order valence-electron chi connectivity index (χ4n) is 4.43. The number of aromatic carboxylic acids is 1. The topological polar surface area (TPSA) is 99.1 Å². The zero-order valence-corrected chi connectivity index (χ0v) is 20.4. The fraction of sp³-hybridized carbons (Fsp3) is 0.231. The van der Waals surface area contributed by atoms with Crippen LogP contribution in [0.5, 0.6) is 0 Å². The Labute approximate surface area is 204 Å². The van der Waals surface area contributed by atoms with Gasteiger partial charge in [-0.05, 0) is 34.4 Å². The van der Waals surface area contributed by atoms with Crippen LogP contribution in [-0.4, -0.2) is 30.0 Å². The molecule has 5 aromatic rings. The summed E-state index contributed by atoms with van der Waals surface area (Å²) in [5, 5.41) is 16.7. The molecular formula is C26H24N4O4S. The molecule has 0 saturated carbocycles. The van der Waals surface area contributed by atoms with Crippen LogP contribution in [0.3, 0.4) is 0 Å². The Kier molecular flexibility index (Phi) is 5.64. The van der Waals surface area contributed by atoms with Gasteiger partial charge in [0.25, 0.3) is 5.56 Å². The van der Waals surface area contributed by atoms with Crippen LogP contribution < -0.4 is 11.2 Å². The molecule has 0 aliphatic heterocycles. The van der Waals surface area contributed by atoms with E-state index in [2.05, 4.69) is 0 Å². The molecule has 0 spiro atoms. The maximum atomic E-state index is 13.4. The summed E-state index contributed by atoms with van der Waals surface area (Å²) < 4.78 is 4.36. The number of nitrogens with zero attached hydrogens (tertiary/aromatic N) is 4. The van der Waals surface area contributed by atoms with Crippen molar-refractivity contribution in [3.63, 3.8) is 0 Å². The van der Waals surface area contributed by atoms with Gasteiger partial charge in [0.05, 0.1) is 17.1 Å². The van der Waals surface area contributed by atoms with E-state index in [-0.39, 0.29) is 10.8 Å². The van der Waals surface area contributed by atoms with E-state index in [1.165, 1.54) is 17.7 Å². The molecule has 0 bridgehead atoms. The van der Waals surface area contributed by atoms with Crippen molar-refractivity contribution >= 4 is 39.1 Å². The Balaban J connectivity index is 1.84. The quantitative estimate of drug-likeness (QED) is 0.387. The van der Waals surface area contributed by atoms with Crippen LogP contribution in [0.1, 0.15) is 29.1 Å². The van der Waals surface area contributed by atoms with Gasteiger partial charge in [-0.3, -0.25) is 18.6 Å². The largest absolute Gasteiger partial charge is 0.477 e. The highest BCUT2D eigenvalue weighted by Crippen LogP contribution is 2.33. The van der Waals surface area contributed by atoms with Crippen molar-refractivity contribution in [2.75, 3.05) is 0 Å². The molecule has 0 saturated heterocycles. The van der Waals surface area contributed by atoms with E-state index in [9.17, 15) is 19.5 Å². The Morgan fingerprint density at radius 1 is 1.06 bits per heavy atom. The van der Waals surface area contributed by atoms with Crippen molar-refractivity contribution < 1.29 is 9.90 Å². The lowest BCUT2D eigenvalue weighted by atomic mass is 10.0. The summed E-state index contributed by atoms with van der Waals surface area (Å²) in [6.45, 7) is 4.75. The molecule has 0 fully saturated rings. The summed E-state index contributed by atoms with van der Waals surface area (Å²) in [6, 6.07) is 17.3. The molecule has 0 radical (unpaired) electrons. The number of aromatic nitrogens is 4. The zero-order valence-electron chi connectivity index (χ0n) is 19.6. The molecule has 35 heavy (non-hydrogen) atoms. The Morgan fingerprint density at radius 3 is 2.51 bits per heavy atom. The Hall–Kier alpha value is -3.98. The summed E-state index contributed by atoms with van der Waals surface area (Å²) in [5.41, 5.74) is 0.960. The lowest BCUT2D eigenvalue weighted by Crippen LogP contribution is -2.38. The highest BCUT2D eigenvalue weighted by molar-refractivity contribution is 7.17. The third-order valence-electron chi connectivity index (χ3n) is 6.02. The van der Waals surface area contributed by atoms with E-state index < -0.39 is 17.2 Å². The van der Waals surface area contributed by atoms with Crippen molar-refractivity contribution in [1.82, 2.24) is 18.9 Å². The number of carboxylic acids is 1. The van der Waals surface area contributed by atoms with E-state index in [1.54, 1.807) is 10.7 Å². The van der Waals surface area contributed by atoms with E-state index in [1.807, 2.05) is 56.3 Å². The number of rotatable bonds is 6. The lowest BCUT2D eigenvalue weighted by Gasteiger charge is -2.10. The third kappa shape index (κ3) is 3.87. The number of fused-ring (bicyclic) bond motifs is 2. The van der Waals surface area contributed by atoms with Crippen molar-refractivity contribution in [2.24, 2.45) is 13.0 Å². The molecule has 9 heteroatoms. The normalized spacial score (nSPS) is 11.7. The monoisotopic (exact) mass is 488 g/mol. The summed E-state index contributed by atoms with van der Waals surface area (Å²) >= 11 is 1.08. The number of hydrogen-bond donors (Lipinski definition) is 1. The Morgan fingerprint density at radius 2 is 1.80 bits per heavy atom. The number of thiophene rings is 1. The molecule has 0 amide bonds. The zero-order chi connectivity index (χ0) is 24.9. The molecule has 2 aromatic carbocycles. The number of carboxylic acid groups (broad SMARTS) is 1. The van der Waals surface area contributed by atoms with Gasteiger partial charge in [0.1, 0.15) is 10.3 Å². The second-order valence-corrected chi connectivity index (χ2v) is 10.0. The molecule has 178 valence electrons. The van der Waals surface area contributed by atoms with Crippen LogP contribution in [0.2, 0.25) is 0 Å². The smallest absolute Gasteiger partial charge is 0.345 e. The van der Waals surface area contributed by atoms with Gasteiger partial charge in [-0.15, -0.1) is 11.3 Å².